The van der Waals surface area contributed by atoms with Crippen LogP contribution < -0.4 is 10.1 Å². The highest BCUT2D eigenvalue weighted by Crippen LogP contribution is 2.32. The highest BCUT2D eigenvalue weighted by Gasteiger charge is 2.29. The highest BCUT2D eigenvalue weighted by molar-refractivity contribution is 9.10. The van der Waals surface area contributed by atoms with Crippen LogP contribution in [0.15, 0.2) is 28.9 Å². The Labute approximate surface area is 179 Å². The number of likely N-dealkylation sites (tertiary alicyclic amines) is 1. The maximum Gasteiger partial charge on any atom is 0.253 e. The van der Waals surface area contributed by atoms with Gasteiger partial charge in [-0.15, -0.1) is 0 Å². The summed E-state index contributed by atoms with van der Waals surface area (Å²) in [4.78, 5) is 19.0. The van der Waals surface area contributed by atoms with Crippen LogP contribution in [0.5, 0.6) is 5.75 Å². The number of halogens is 2. The van der Waals surface area contributed by atoms with E-state index in [1.54, 1.807) is 13.2 Å². The molecule has 0 aliphatic carbocycles. The van der Waals surface area contributed by atoms with Crippen molar-refractivity contribution in [2.45, 2.75) is 39.3 Å². The standard InChI is InChI=1S/C21H25BrClN3O2/c1-12-13(2)19(28-4)6-5-17(12)14(3)26-8-7-16(11-26)25-21(27)15-9-18(22)20(23)24-10-15/h5-6,9-10,14,16H,7-8,11H2,1-4H3,(H,25,27)/t14?,16-/m1/s1. The molecule has 28 heavy (non-hydrogen) atoms. The second-order valence-electron chi connectivity index (χ2n) is 7.23. The van der Waals surface area contributed by atoms with Gasteiger partial charge in [-0.05, 0) is 71.9 Å². The summed E-state index contributed by atoms with van der Waals surface area (Å²) < 4.78 is 6.05. The minimum atomic E-state index is -0.124. The van der Waals surface area contributed by atoms with Crippen LogP contribution in [0.2, 0.25) is 5.15 Å². The van der Waals surface area contributed by atoms with Crippen molar-refractivity contribution < 1.29 is 9.53 Å². The van der Waals surface area contributed by atoms with Crippen molar-refractivity contribution in [3.05, 3.63) is 56.3 Å². The number of hydrogen-bond acceptors (Lipinski definition) is 4. The predicted octanol–water partition coefficient (Wildman–Crippen LogP) is 4.69. The summed E-state index contributed by atoms with van der Waals surface area (Å²) in [6, 6.07) is 6.27. The fourth-order valence-electron chi connectivity index (χ4n) is 3.76. The lowest BCUT2D eigenvalue weighted by molar-refractivity contribution is 0.0936. The summed E-state index contributed by atoms with van der Waals surface area (Å²) in [5, 5.41) is 3.47. The van der Waals surface area contributed by atoms with Crippen LogP contribution in [0, 0.1) is 13.8 Å². The van der Waals surface area contributed by atoms with Gasteiger partial charge in [0, 0.05) is 31.4 Å². The van der Waals surface area contributed by atoms with Crippen LogP contribution in [-0.2, 0) is 0 Å². The van der Waals surface area contributed by atoms with Gasteiger partial charge >= 0.3 is 0 Å². The van der Waals surface area contributed by atoms with Crippen molar-refractivity contribution in [3.8, 4) is 5.75 Å². The molecule has 1 aliphatic heterocycles. The normalized spacial score (nSPS) is 18.1. The highest BCUT2D eigenvalue weighted by atomic mass is 79.9. The van der Waals surface area contributed by atoms with Gasteiger partial charge in [0.05, 0.1) is 17.1 Å². The monoisotopic (exact) mass is 465 g/mol. The van der Waals surface area contributed by atoms with Gasteiger partial charge in [-0.3, -0.25) is 9.69 Å². The molecule has 1 saturated heterocycles. The second kappa shape index (κ2) is 8.80. The van der Waals surface area contributed by atoms with Crippen LogP contribution in [-0.4, -0.2) is 42.0 Å². The molecule has 2 atom stereocenters. The lowest BCUT2D eigenvalue weighted by Gasteiger charge is -2.27. The summed E-state index contributed by atoms with van der Waals surface area (Å²) in [5.41, 5.74) is 4.24. The van der Waals surface area contributed by atoms with Gasteiger partial charge in [0.2, 0.25) is 0 Å². The van der Waals surface area contributed by atoms with Crippen molar-refractivity contribution in [2.75, 3.05) is 20.2 Å². The number of nitrogens with zero attached hydrogens (tertiary/aromatic N) is 2. The summed E-state index contributed by atoms with van der Waals surface area (Å²) in [6.07, 6.45) is 2.42. The Morgan fingerprint density at radius 1 is 1.39 bits per heavy atom. The topological polar surface area (TPSA) is 54.5 Å². The number of hydrogen-bond donors (Lipinski definition) is 1. The summed E-state index contributed by atoms with van der Waals surface area (Å²) in [5.74, 6) is 0.795. The Balaban J connectivity index is 1.65. The third kappa shape index (κ3) is 4.34. The van der Waals surface area contributed by atoms with E-state index in [1.165, 1.54) is 22.9 Å². The molecular weight excluding hydrogens is 442 g/mol. The molecule has 2 aromatic rings. The van der Waals surface area contributed by atoms with E-state index < -0.39 is 0 Å². The van der Waals surface area contributed by atoms with Gasteiger partial charge in [-0.1, -0.05) is 17.7 Å². The molecule has 1 aliphatic rings. The van der Waals surface area contributed by atoms with E-state index >= 15 is 0 Å². The first kappa shape index (κ1) is 21.1. The molecular formula is C21H25BrClN3O2. The minimum Gasteiger partial charge on any atom is -0.496 e. The predicted molar refractivity (Wildman–Crippen MR) is 115 cm³/mol. The number of aromatic nitrogens is 1. The van der Waals surface area contributed by atoms with Crippen LogP contribution in [0.3, 0.4) is 0 Å². The van der Waals surface area contributed by atoms with Crippen LogP contribution in [0.4, 0.5) is 0 Å². The van der Waals surface area contributed by atoms with Crippen LogP contribution in [0.25, 0.3) is 0 Å². The molecule has 0 radical (unpaired) electrons. The first-order chi connectivity index (χ1) is 13.3. The molecule has 1 amide bonds. The fourth-order valence-corrected chi connectivity index (χ4v) is 4.21. The molecule has 1 aromatic carbocycles. The molecule has 0 saturated carbocycles. The molecule has 1 fully saturated rings. The number of amides is 1. The van der Waals surface area contributed by atoms with Gasteiger partial charge in [0.15, 0.2) is 0 Å². The van der Waals surface area contributed by atoms with Crippen molar-refractivity contribution in [3.63, 3.8) is 0 Å². The van der Waals surface area contributed by atoms with Crippen molar-refractivity contribution in [1.29, 1.82) is 0 Å². The van der Waals surface area contributed by atoms with Gasteiger partial charge in [-0.2, -0.15) is 0 Å². The zero-order valence-electron chi connectivity index (χ0n) is 16.6. The van der Waals surface area contributed by atoms with Crippen LogP contribution >= 0.6 is 27.5 Å². The Morgan fingerprint density at radius 3 is 2.82 bits per heavy atom. The second-order valence-corrected chi connectivity index (χ2v) is 8.45. The Hall–Kier alpha value is -1.63. The van der Waals surface area contributed by atoms with Crippen LogP contribution in [0.1, 0.15) is 46.4 Å². The summed E-state index contributed by atoms with van der Waals surface area (Å²) in [7, 11) is 1.70. The first-order valence-electron chi connectivity index (χ1n) is 9.31. The number of benzene rings is 1. The van der Waals surface area contributed by atoms with Gasteiger partial charge in [0.1, 0.15) is 10.9 Å². The lowest BCUT2D eigenvalue weighted by Crippen LogP contribution is -2.37. The van der Waals surface area contributed by atoms with Gasteiger partial charge in [-0.25, -0.2) is 4.98 Å². The van der Waals surface area contributed by atoms with Crippen molar-refractivity contribution in [1.82, 2.24) is 15.2 Å². The number of carbonyl (C=O) groups is 1. The number of pyridine rings is 1. The molecule has 0 bridgehead atoms. The third-order valence-electron chi connectivity index (χ3n) is 5.61. The number of rotatable bonds is 5. The van der Waals surface area contributed by atoms with Gasteiger partial charge in [0.25, 0.3) is 5.91 Å². The smallest absolute Gasteiger partial charge is 0.253 e. The van der Waals surface area contributed by atoms with Crippen molar-refractivity contribution >= 4 is 33.4 Å². The fraction of sp³-hybridized carbons (Fsp3) is 0.429. The molecule has 1 N–H and O–H groups in total. The van der Waals surface area contributed by atoms with E-state index in [0.717, 1.165) is 25.3 Å². The molecule has 5 nitrogen and oxygen atoms in total. The number of ether oxygens (including phenoxy) is 1. The molecule has 150 valence electrons. The largest absolute Gasteiger partial charge is 0.496 e. The molecule has 0 spiro atoms. The van der Waals surface area contributed by atoms with Crippen molar-refractivity contribution in [2.24, 2.45) is 0 Å². The average molecular weight is 467 g/mol. The summed E-state index contributed by atoms with van der Waals surface area (Å²) in [6.45, 7) is 8.22. The average Bonchev–Trinajstić information content (AvgIpc) is 3.14. The van der Waals surface area contributed by atoms with E-state index in [4.69, 9.17) is 16.3 Å². The minimum absolute atomic E-state index is 0.115. The Bertz CT molecular complexity index is 890. The SMILES string of the molecule is COc1ccc(C(C)N2CC[C@@H](NC(=O)c3cnc(Cl)c(Br)c3)C2)c(C)c1C. The van der Waals surface area contributed by atoms with E-state index in [0.29, 0.717) is 15.2 Å². The van der Waals surface area contributed by atoms with E-state index in [1.807, 2.05) is 6.07 Å². The molecule has 1 aromatic heterocycles. The van der Waals surface area contributed by atoms with E-state index in [2.05, 4.69) is 58.0 Å². The molecule has 3 rings (SSSR count). The quantitative estimate of drug-likeness (QED) is 0.650. The number of carbonyl (C=O) groups excluding carboxylic acids is 1. The lowest BCUT2D eigenvalue weighted by atomic mass is 9.97. The zero-order valence-corrected chi connectivity index (χ0v) is 18.9. The summed E-state index contributed by atoms with van der Waals surface area (Å²) >= 11 is 9.22. The van der Waals surface area contributed by atoms with Gasteiger partial charge < -0.3 is 10.1 Å². The Morgan fingerprint density at radius 2 is 2.14 bits per heavy atom. The molecule has 1 unspecified atom stereocenters. The third-order valence-corrected chi connectivity index (χ3v) is 6.74. The zero-order chi connectivity index (χ0) is 20.4. The van der Waals surface area contributed by atoms with E-state index in [9.17, 15) is 4.79 Å². The maximum absolute atomic E-state index is 12.5. The molecule has 2 heterocycles. The maximum atomic E-state index is 12.5. The van der Waals surface area contributed by atoms with E-state index in [-0.39, 0.29) is 18.0 Å². The Kier molecular flexibility index (Phi) is 6.63. The molecule has 7 heteroatoms. The number of nitrogens with one attached hydrogen (secondary N) is 1. The first-order valence-corrected chi connectivity index (χ1v) is 10.5. The number of methoxy groups -OCH3 is 1.